The Morgan fingerprint density at radius 3 is 1.25 bits per heavy atom. The Bertz CT molecular complexity index is 6.00. The maximum absolute atomic E-state index is 9.53. The predicted molar refractivity (Wildman–Crippen MR) is 7.97 cm³/mol. The summed E-state index contributed by atoms with van der Waals surface area (Å²) in [6.45, 7) is 0. The van der Waals surface area contributed by atoms with Crippen molar-refractivity contribution in [2.45, 2.75) is 0 Å². The van der Waals surface area contributed by atoms with Crippen molar-refractivity contribution in [3.05, 3.63) is 0 Å². The Labute approximate surface area is 32.2 Å². The fourth-order valence-electron chi connectivity index (χ4n) is 0. The van der Waals surface area contributed by atoms with Crippen LogP contribution in [0.5, 0.6) is 0 Å². The Morgan fingerprint density at radius 1 is 1.25 bits per heavy atom. The normalized spacial score (nSPS) is 5.50. The van der Waals surface area contributed by atoms with Crippen molar-refractivity contribution in [1.82, 2.24) is 0 Å². The molecule has 0 bridgehead atoms. The molecule has 0 atom stereocenters. The third-order valence-corrected chi connectivity index (χ3v) is 0. The van der Waals surface area contributed by atoms with E-state index in [2.05, 4.69) is 0 Å². The van der Waals surface area contributed by atoms with Gasteiger partial charge in [0.15, 0.2) is 0 Å². The fraction of sp³-hybridized carbons (Fsp3) is 0. The first-order chi connectivity index (χ1) is 1.41. The Hall–Kier alpha value is 0.444. The van der Waals surface area contributed by atoms with E-state index in [9.17, 15) is 7.10 Å². The van der Waals surface area contributed by atoms with E-state index in [1.165, 1.54) is 0 Å². The van der Waals surface area contributed by atoms with Gasteiger partial charge in [0.25, 0.3) is 0 Å². The van der Waals surface area contributed by atoms with Gasteiger partial charge in [-0.05, 0) is 0 Å². The van der Waals surface area contributed by atoms with Crippen LogP contribution in [0, 0.1) is 0 Å². The molecule has 0 nitrogen and oxygen atoms in total. The maximum atomic E-state index is 9.53. The SMILES string of the molecule is [B].[F][Cu][F]. The van der Waals surface area contributed by atoms with Crippen LogP contribution in [0.25, 0.3) is 0 Å². The molecule has 28 valence electrons. The minimum atomic E-state index is -1.19. The van der Waals surface area contributed by atoms with Crippen LogP contribution in [-0.4, -0.2) is 8.41 Å². The van der Waals surface area contributed by atoms with Crippen LogP contribution in [-0.2, 0) is 15.9 Å². The zero-order valence-corrected chi connectivity index (χ0v) is 2.58. The summed E-state index contributed by atoms with van der Waals surface area (Å²) < 4.78 is 19.1. The average Bonchev–Trinajstić information content (AvgIpc) is 0.918. The molecule has 0 amide bonds. The summed E-state index contributed by atoms with van der Waals surface area (Å²) in [5.41, 5.74) is 0. The second kappa shape index (κ2) is 9.86. The Kier molecular flexibility index (Phi) is 21.8. The van der Waals surface area contributed by atoms with Crippen molar-refractivity contribution in [3.63, 3.8) is 0 Å². The van der Waals surface area contributed by atoms with Gasteiger partial charge in [-0.3, -0.25) is 0 Å². The molecule has 0 heterocycles. The molecule has 3 radical (unpaired) electrons. The van der Waals surface area contributed by atoms with Gasteiger partial charge in [-0.15, -0.1) is 0 Å². The second-order valence-electron chi connectivity index (χ2n) is 0.0431. The zero-order valence-electron chi connectivity index (χ0n) is 1.63. The van der Waals surface area contributed by atoms with E-state index in [-0.39, 0.29) is 8.41 Å². The molecule has 0 unspecified atom stereocenters. The molecule has 0 aromatic carbocycles. The van der Waals surface area contributed by atoms with Crippen molar-refractivity contribution in [2.75, 3.05) is 0 Å². The summed E-state index contributed by atoms with van der Waals surface area (Å²) in [6.07, 6.45) is 0. The molecule has 0 aliphatic heterocycles. The van der Waals surface area contributed by atoms with Gasteiger partial charge in [-0.2, -0.15) is 0 Å². The first-order valence-corrected chi connectivity index (χ1v) is 0.940. The molecule has 4 heteroatoms. The molecule has 0 aromatic heterocycles. The first kappa shape index (κ1) is 8.82. The van der Waals surface area contributed by atoms with E-state index < -0.39 is 15.9 Å². The molecule has 0 spiro atoms. The summed E-state index contributed by atoms with van der Waals surface area (Å²) in [7, 11) is 0. The van der Waals surface area contributed by atoms with Crippen LogP contribution in [0.2, 0.25) is 0 Å². The summed E-state index contributed by atoms with van der Waals surface area (Å²) >= 11 is -1.19. The van der Waals surface area contributed by atoms with Gasteiger partial charge in [0, 0.05) is 8.41 Å². The predicted octanol–water partition coefficient (Wildman–Crippen LogP) is 0.457. The van der Waals surface area contributed by atoms with E-state index in [0.29, 0.717) is 0 Å². The number of hydrogen-bond donors (Lipinski definition) is 0. The topological polar surface area (TPSA) is 0 Å². The van der Waals surface area contributed by atoms with Crippen LogP contribution in [0.4, 0.5) is 7.10 Å². The third-order valence-electron chi connectivity index (χ3n) is 0. The average molecular weight is 112 g/mol. The Morgan fingerprint density at radius 2 is 1.25 bits per heavy atom. The standard InChI is InChI=1S/B.Cu.2FH/h;;2*1H/q;+2;;/p-2. The van der Waals surface area contributed by atoms with Gasteiger partial charge in [-0.25, -0.2) is 0 Å². The van der Waals surface area contributed by atoms with E-state index in [0.717, 1.165) is 0 Å². The molecule has 4 heavy (non-hydrogen) atoms. The zero-order chi connectivity index (χ0) is 2.71. The van der Waals surface area contributed by atoms with Gasteiger partial charge in [0.2, 0.25) is 0 Å². The van der Waals surface area contributed by atoms with Crippen LogP contribution in [0.1, 0.15) is 0 Å². The number of hydrogen-bond acceptors (Lipinski definition) is 0. The first-order valence-electron chi connectivity index (χ1n) is 0.228. The minimum absolute atomic E-state index is 0. The summed E-state index contributed by atoms with van der Waals surface area (Å²) in [5, 5.41) is 0. The van der Waals surface area contributed by atoms with Crippen molar-refractivity contribution in [2.24, 2.45) is 0 Å². The van der Waals surface area contributed by atoms with Crippen molar-refractivity contribution in [1.29, 1.82) is 0 Å². The van der Waals surface area contributed by atoms with Gasteiger partial charge in [0.1, 0.15) is 0 Å². The Balaban J connectivity index is 0. The van der Waals surface area contributed by atoms with E-state index in [1.807, 2.05) is 0 Å². The summed E-state index contributed by atoms with van der Waals surface area (Å²) in [6, 6.07) is 0. The van der Waals surface area contributed by atoms with E-state index >= 15 is 0 Å². The molecule has 0 aromatic rings. The molecule has 0 rings (SSSR count). The van der Waals surface area contributed by atoms with Gasteiger partial charge < -0.3 is 0 Å². The van der Waals surface area contributed by atoms with E-state index in [1.54, 1.807) is 0 Å². The third kappa shape index (κ3) is 25.8. The molecular weight excluding hydrogens is 112 g/mol. The van der Waals surface area contributed by atoms with Gasteiger partial charge >= 0.3 is 23.0 Å². The van der Waals surface area contributed by atoms with Crippen LogP contribution < -0.4 is 0 Å². The number of rotatable bonds is 0. The van der Waals surface area contributed by atoms with Crippen molar-refractivity contribution in [3.8, 4) is 0 Å². The van der Waals surface area contributed by atoms with E-state index in [4.69, 9.17) is 0 Å². The van der Waals surface area contributed by atoms with Crippen molar-refractivity contribution >= 4 is 8.41 Å². The van der Waals surface area contributed by atoms with Crippen LogP contribution >= 0.6 is 0 Å². The molecule has 0 N–H and O–H groups in total. The van der Waals surface area contributed by atoms with Gasteiger partial charge in [-0.1, -0.05) is 0 Å². The number of halogens is 2. The fourth-order valence-corrected chi connectivity index (χ4v) is 0. The monoisotopic (exact) mass is 112 g/mol. The van der Waals surface area contributed by atoms with Crippen LogP contribution in [0.15, 0.2) is 0 Å². The van der Waals surface area contributed by atoms with Crippen molar-refractivity contribution < 1.29 is 23.0 Å². The molecule has 0 saturated heterocycles. The van der Waals surface area contributed by atoms with Crippen LogP contribution in [0.3, 0.4) is 0 Å². The summed E-state index contributed by atoms with van der Waals surface area (Å²) in [5.74, 6) is 0. The van der Waals surface area contributed by atoms with Gasteiger partial charge in [0.05, 0.1) is 0 Å². The summed E-state index contributed by atoms with van der Waals surface area (Å²) in [4.78, 5) is 0. The molecule has 0 fully saturated rings. The molecular formula is BCuF2. The molecule has 0 saturated carbocycles. The molecule has 0 aliphatic rings. The quantitative estimate of drug-likeness (QED) is 0.399. The molecule has 0 aliphatic carbocycles. The second-order valence-corrected chi connectivity index (χ2v) is 0.178.